The topological polar surface area (TPSA) is 116 Å². The molecule has 2 fully saturated rings. The number of nitrogens with one attached hydrogen (secondary N) is 2. The van der Waals surface area contributed by atoms with Gasteiger partial charge in [-0.15, -0.1) is 0 Å². The smallest absolute Gasteiger partial charge is 0.147 e. The van der Waals surface area contributed by atoms with E-state index in [1.807, 2.05) is 12.3 Å². The Kier molecular flexibility index (Phi) is 4.70. The Morgan fingerprint density at radius 2 is 1.77 bits per heavy atom. The van der Waals surface area contributed by atoms with E-state index < -0.39 is 0 Å². The Morgan fingerprint density at radius 1 is 0.886 bits per heavy atom. The maximum absolute atomic E-state index is 5.94. The van der Waals surface area contributed by atoms with Crippen LogP contribution >= 0.6 is 0 Å². The van der Waals surface area contributed by atoms with Crippen LogP contribution in [0.25, 0.3) is 44.6 Å². The third-order valence-corrected chi connectivity index (χ3v) is 7.16. The van der Waals surface area contributed by atoms with Crippen LogP contribution in [0.5, 0.6) is 0 Å². The van der Waals surface area contributed by atoms with Gasteiger partial charge in [-0.2, -0.15) is 5.10 Å². The highest BCUT2D eigenvalue weighted by Gasteiger charge is 2.25. The molecule has 6 heterocycles. The minimum absolute atomic E-state index is 0.204. The number of aromatic amines is 2. The molecule has 4 N–H and O–H groups in total. The van der Waals surface area contributed by atoms with Gasteiger partial charge in [0.25, 0.3) is 0 Å². The minimum atomic E-state index is 0.204. The molecule has 176 valence electrons. The van der Waals surface area contributed by atoms with Gasteiger partial charge in [-0.05, 0) is 43.5 Å². The fraction of sp³-hybridized carbons (Fsp3) is 0.308. The quantitative estimate of drug-likeness (QED) is 0.371. The van der Waals surface area contributed by atoms with E-state index >= 15 is 0 Å². The van der Waals surface area contributed by atoms with E-state index in [9.17, 15) is 0 Å². The molecule has 7 rings (SSSR count). The first kappa shape index (κ1) is 20.4. The number of nitrogens with two attached hydrogens (primary N) is 1. The third kappa shape index (κ3) is 3.50. The first-order valence-corrected chi connectivity index (χ1v) is 12.3. The molecule has 1 aromatic carbocycles. The lowest BCUT2D eigenvalue weighted by Gasteiger charge is -2.37. The minimum Gasteiger partial charge on any atom is -0.371 e. The molecule has 0 spiro atoms. The fourth-order valence-electron chi connectivity index (χ4n) is 5.27. The monoisotopic (exact) mass is 465 g/mol. The van der Waals surface area contributed by atoms with Crippen molar-refractivity contribution in [2.75, 3.05) is 36.0 Å². The third-order valence-electron chi connectivity index (χ3n) is 7.16. The second-order valence-electron chi connectivity index (χ2n) is 9.58. The van der Waals surface area contributed by atoms with Gasteiger partial charge in [0.15, 0.2) is 0 Å². The predicted octanol–water partition coefficient (Wildman–Crippen LogP) is 3.70. The first-order chi connectivity index (χ1) is 17.2. The van der Waals surface area contributed by atoms with Gasteiger partial charge >= 0.3 is 0 Å². The normalized spacial score (nSPS) is 16.8. The van der Waals surface area contributed by atoms with E-state index in [-0.39, 0.29) is 6.04 Å². The molecule has 0 radical (unpaired) electrons. The zero-order chi connectivity index (χ0) is 23.4. The van der Waals surface area contributed by atoms with Crippen LogP contribution in [-0.4, -0.2) is 62.4 Å². The Bertz CT molecular complexity index is 1520. The lowest BCUT2D eigenvalue weighted by atomic mass is 10.1. The van der Waals surface area contributed by atoms with Crippen LogP contribution in [0.3, 0.4) is 0 Å². The van der Waals surface area contributed by atoms with Crippen molar-refractivity contribution in [1.29, 1.82) is 0 Å². The van der Waals surface area contributed by atoms with E-state index in [0.717, 1.165) is 71.2 Å². The largest absolute Gasteiger partial charge is 0.371 e. The predicted molar refractivity (Wildman–Crippen MR) is 138 cm³/mol. The number of piperidine rings is 1. The van der Waals surface area contributed by atoms with Gasteiger partial charge in [-0.3, -0.25) is 15.1 Å². The zero-order valence-corrected chi connectivity index (χ0v) is 19.4. The number of hydrogen-bond acceptors (Lipinski definition) is 7. The Morgan fingerprint density at radius 3 is 2.63 bits per heavy atom. The molecule has 2 aliphatic rings. The van der Waals surface area contributed by atoms with Crippen molar-refractivity contribution in [3.05, 3.63) is 48.9 Å². The van der Waals surface area contributed by atoms with Gasteiger partial charge in [0.05, 0.1) is 35.5 Å². The molecule has 0 atom stereocenters. The standard InChI is InChI=1S/C26H27N9/c27-16-14-35(15-16)25-13-28-11-23(31-25)20-10-18-22(12-29-20)32-33-26(18)21-9-17-19(30-21)5-4-6-24(17)34-7-2-1-3-8-34/h4-6,9-13,16,30H,1-3,7-8,14-15,27H2,(H,32,33). The SMILES string of the molecule is NC1CN(c2cncc(-c3cc4c(-c5cc6c(N7CCCCC7)cccc6[nH]5)n[nH]c4cn3)n2)C1. The van der Waals surface area contributed by atoms with Crippen molar-refractivity contribution in [3.63, 3.8) is 0 Å². The summed E-state index contributed by atoms with van der Waals surface area (Å²) >= 11 is 0. The van der Waals surface area contributed by atoms with E-state index in [0.29, 0.717) is 0 Å². The fourth-order valence-corrected chi connectivity index (χ4v) is 5.27. The molecular weight excluding hydrogens is 438 g/mol. The summed E-state index contributed by atoms with van der Waals surface area (Å²) in [6.45, 7) is 3.83. The summed E-state index contributed by atoms with van der Waals surface area (Å²) in [6, 6.07) is 11.0. The molecule has 0 unspecified atom stereocenters. The van der Waals surface area contributed by atoms with Crippen molar-refractivity contribution in [1.82, 2.24) is 30.1 Å². The molecule has 2 saturated heterocycles. The van der Waals surface area contributed by atoms with E-state index in [1.165, 1.54) is 30.3 Å². The van der Waals surface area contributed by atoms with Crippen molar-refractivity contribution < 1.29 is 0 Å². The van der Waals surface area contributed by atoms with Gasteiger partial charge in [0.2, 0.25) is 0 Å². The Balaban J connectivity index is 1.28. The molecule has 9 heteroatoms. The van der Waals surface area contributed by atoms with Crippen LogP contribution in [0, 0.1) is 0 Å². The molecule has 0 aliphatic carbocycles. The number of hydrogen-bond donors (Lipinski definition) is 3. The zero-order valence-electron chi connectivity index (χ0n) is 19.4. The van der Waals surface area contributed by atoms with Crippen LogP contribution in [0.2, 0.25) is 0 Å². The highest BCUT2D eigenvalue weighted by molar-refractivity contribution is 6.00. The second-order valence-corrected chi connectivity index (χ2v) is 9.58. The van der Waals surface area contributed by atoms with Crippen LogP contribution in [0.1, 0.15) is 19.3 Å². The van der Waals surface area contributed by atoms with Crippen LogP contribution in [-0.2, 0) is 0 Å². The van der Waals surface area contributed by atoms with Crippen LogP contribution < -0.4 is 15.5 Å². The number of benzene rings is 1. The van der Waals surface area contributed by atoms with E-state index in [1.54, 1.807) is 12.4 Å². The molecule has 4 aromatic heterocycles. The summed E-state index contributed by atoms with van der Waals surface area (Å²) in [5, 5.41) is 10.0. The Hall–Kier alpha value is -3.98. The molecule has 5 aromatic rings. The van der Waals surface area contributed by atoms with Crippen molar-refractivity contribution >= 4 is 33.3 Å². The number of aromatic nitrogens is 6. The molecule has 35 heavy (non-hydrogen) atoms. The maximum Gasteiger partial charge on any atom is 0.147 e. The van der Waals surface area contributed by atoms with Crippen LogP contribution in [0.4, 0.5) is 11.5 Å². The highest BCUT2D eigenvalue weighted by atomic mass is 15.3. The van der Waals surface area contributed by atoms with Gasteiger partial charge in [0, 0.05) is 54.2 Å². The van der Waals surface area contributed by atoms with Crippen molar-refractivity contribution in [2.24, 2.45) is 5.73 Å². The summed E-state index contributed by atoms with van der Waals surface area (Å²) in [7, 11) is 0. The molecule has 0 saturated carbocycles. The average Bonchev–Trinajstić information content (AvgIpc) is 3.51. The van der Waals surface area contributed by atoms with Gasteiger partial charge in [-0.1, -0.05) is 6.07 Å². The molecule has 0 bridgehead atoms. The number of anilines is 2. The van der Waals surface area contributed by atoms with Gasteiger partial charge < -0.3 is 20.5 Å². The maximum atomic E-state index is 5.94. The summed E-state index contributed by atoms with van der Waals surface area (Å²) in [5.41, 5.74) is 12.6. The number of H-pyrrole nitrogens is 2. The van der Waals surface area contributed by atoms with E-state index in [2.05, 4.69) is 59.2 Å². The summed E-state index contributed by atoms with van der Waals surface area (Å²) < 4.78 is 0. The lowest BCUT2D eigenvalue weighted by molar-refractivity contribution is 0.514. The van der Waals surface area contributed by atoms with Crippen molar-refractivity contribution in [3.8, 4) is 22.8 Å². The summed E-state index contributed by atoms with van der Waals surface area (Å²) in [5.74, 6) is 0.833. The molecule has 2 aliphatic heterocycles. The summed E-state index contributed by atoms with van der Waals surface area (Å²) in [4.78, 5) is 22.1. The van der Waals surface area contributed by atoms with Crippen LogP contribution in [0.15, 0.2) is 48.9 Å². The molecular formula is C26H27N9. The highest BCUT2D eigenvalue weighted by Crippen LogP contribution is 2.35. The lowest BCUT2D eigenvalue weighted by Crippen LogP contribution is -2.56. The number of fused-ring (bicyclic) bond motifs is 2. The van der Waals surface area contributed by atoms with Crippen molar-refractivity contribution in [2.45, 2.75) is 25.3 Å². The van der Waals surface area contributed by atoms with Gasteiger partial charge in [-0.25, -0.2) is 4.98 Å². The summed E-state index contributed by atoms with van der Waals surface area (Å²) in [6.07, 6.45) is 9.17. The number of pyridine rings is 1. The average molecular weight is 466 g/mol. The van der Waals surface area contributed by atoms with Gasteiger partial charge in [0.1, 0.15) is 17.2 Å². The first-order valence-electron chi connectivity index (χ1n) is 12.3. The van der Waals surface area contributed by atoms with E-state index in [4.69, 9.17) is 10.7 Å². The molecule has 0 amide bonds. The molecule has 9 nitrogen and oxygen atoms in total. The Labute approximate surface area is 202 Å². The number of nitrogens with zero attached hydrogens (tertiary/aromatic N) is 6. The number of rotatable bonds is 4. The second kappa shape index (κ2) is 8.06.